The molecule has 1 N–H and O–H groups in total. The van der Waals surface area contributed by atoms with Crippen LogP contribution in [0.1, 0.15) is 19.8 Å². The normalized spacial score (nSPS) is 10.9. The number of carbonyl (C=O) groups is 1. The predicted octanol–water partition coefficient (Wildman–Crippen LogP) is 0.676. The monoisotopic (exact) mass is 164 g/mol. The lowest BCUT2D eigenvalue weighted by atomic mass is 10.2. The van der Waals surface area contributed by atoms with E-state index in [-0.39, 0.29) is 5.91 Å². The molecule has 0 bridgehead atoms. The molecule has 0 rings (SSSR count). The smallest absolute Gasteiger partial charge is 0.237 e. The highest BCUT2D eigenvalue weighted by Gasteiger charge is 2.09. The summed E-state index contributed by atoms with van der Waals surface area (Å²) in [4.78, 5) is 11.0. The first-order chi connectivity index (χ1) is 5.72. The van der Waals surface area contributed by atoms with Crippen LogP contribution in [0.5, 0.6) is 0 Å². The Kier molecular flexibility index (Phi) is 5.47. The van der Waals surface area contributed by atoms with Gasteiger partial charge in [0.25, 0.3) is 0 Å². The first-order valence-corrected chi connectivity index (χ1v) is 3.83. The van der Waals surface area contributed by atoms with Crippen molar-refractivity contribution in [3.8, 4) is 18.4 Å². The minimum Gasteiger partial charge on any atom is -0.355 e. The van der Waals surface area contributed by atoms with Crippen LogP contribution < -0.4 is 5.32 Å². The van der Waals surface area contributed by atoms with Crippen LogP contribution in [0.25, 0.3) is 0 Å². The first kappa shape index (κ1) is 10.5. The van der Waals surface area contributed by atoms with Gasteiger partial charge in [0.1, 0.15) is 5.92 Å². The van der Waals surface area contributed by atoms with E-state index in [9.17, 15) is 4.79 Å². The number of hydrogen-bond donors (Lipinski definition) is 1. The molecule has 1 atom stereocenters. The third-order valence-electron chi connectivity index (χ3n) is 1.38. The second-order valence-electron chi connectivity index (χ2n) is 2.45. The maximum Gasteiger partial charge on any atom is 0.237 e. The second-order valence-corrected chi connectivity index (χ2v) is 2.45. The standard InChI is InChI=1S/C9H12N2O/c1-3-4-5-6-11-9(12)8(2)7-10/h1,8H,4-6H2,2H3,(H,11,12). The van der Waals surface area contributed by atoms with E-state index in [0.717, 1.165) is 6.42 Å². The van der Waals surface area contributed by atoms with Gasteiger partial charge in [-0.15, -0.1) is 12.3 Å². The molecule has 0 saturated heterocycles. The Morgan fingerprint density at radius 3 is 2.92 bits per heavy atom. The fourth-order valence-electron chi connectivity index (χ4n) is 0.614. The molecule has 3 heteroatoms. The maximum absolute atomic E-state index is 11.0. The third-order valence-corrected chi connectivity index (χ3v) is 1.38. The topological polar surface area (TPSA) is 52.9 Å². The van der Waals surface area contributed by atoms with Crippen molar-refractivity contribution < 1.29 is 4.79 Å². The molecule has 0 aromatic heterocycles. The first-order valence-electron chi connectivity index (χ1n) is 3.83. The molecule has 3 nitrogen and oxygen atoms in total. The highest BCUT2D eigenvalue weighted by molar-refractivity contribution is 5.80. The van der Waals surface area contributed by atoms with E-state index in [1.807, 2.05) is 6.07 Å². The molecule has 0 radical (unpaired) electrons. The van der Waals surface area contributed by atoms with E-state index < -0.39 is 5.92 Å². The zero-order chi connectivity index (χ0) is 9.40. The van der Waals surface area contributed by atoms with Gasteiger partial charge in [0, 0.05) is 13.0 Å². The largest absolute Gasteiger partial charge is 0.355 e. The van der Waals surface area contributed by atoms with Crippen molar-refractivity contribution in [2.75, 3.05) is 6.54 Å². The summed E-state index contributed by atoms with van der Waals surface area (Å²) in [5, 5.41) is 11.0. The molecule has 0 aromatic carbocycles. The predicted molar refractivity (Wildman–Crippen MR) is 45.9 cm³/mol. The van der Waals surface area contributed by atoms with Gasteiger partial charge < -0.3 is 5.32 Å². The number of nitrogens with zero attached hydrogens (tertiary/aromatic N) is 1. The number of nitrogens with one attached hydrogen (secondary N) is 1. The van der Waals surface area contributed by atoms with Gasteiger partial charge in [-0.05, 0) is 13.3 Å². The number of carbonyl (C=O) groups excluding carboxylic acids is 1. The van der Waals surface area contributed by atoms with Crippen LogP contribution in [-0.2, 0) is 4.79 Å². The molecule has 1 amide bonds. The maximum atomic E-state index is 11.0. The van der Waals surface area contributed by atoms with E-state index in [2.05, 4.69) is 11.2 Å². The molecule has 0 aliphatic carbocycles. The minimum absolute atomic E-state index is 0.227. The summed E-state index contributed by atoms with van der Waals surface area (Å²) in [5.41, 5.74) is 0. The summed E-state index contributed by atoms with van der Waals surface area (Å²) >= 11 is 0. The average molecular weight is 164 g/mol. The molecule has 0 spiro atoms. The zero-order valence-corrected chi connectivity index (χ0v) is 7.13. The van der Waals surface area contributed by atoms with E-state index in [4.69, 9.17) is 11.7 Å². The van der Waals surface area contributed by atoms with Crippen molar-refractivity contribution in [2.45, 2.75) is 19.8 Å². The Hall–Kier alpha value is -1.48. The van der Waals surface area contributed by atoms with Crippen LogP contribution >= 0.6 is 0 Å². The van der Waals surface area contributed by atoms with Crippen molar-refractivity contribution in [1.82, 2.24) is 5.32 Å². The van der Waals surface area contributed by atoms with Gasteiger partial charge in [-0.25, -0.2) is 0 Å². The lowest BCUT2D eigenvalue weighted by Gasteiger charge is -2.03. The van der Waals surface area contributed by atoms with Gasteiger partial charge >= 0.3 is 0 Å². The molecule has 0 aromatic rings. The van der Waals surface area contributed by atoms with Gasteiger partial charge in [0.05, 0.1) is 6.07 Å². The fourth-order valence-corrected chi connectivity index (χ4v) is 0.614. The van der Waals surface area contributed by atoms with E-state index in [0.29, 0.717) is 13.0 Å². The van der Waals surface area contributed by atoms with Gasteiger partial charge in [-0.1, -0.05) is 0 Å². The summed E-state index contributed by atoms with van der Waals surface area (Å²) in [6, 6.07) is 1.85. The van der Waals surface area contributed by atoms with Crippen molar-refractivity contribution in [1.29, 1.82) is 5.26 Å². The summed E-state index contributed by atoms with van der Waals surface area (Å²) in [6.07, 6.45) is 6.43. The van der Waals surface area contributed by atoms with Gasteiger partial charge in [0.15, 0.2) is 0 Å². The van der Waals surface area contributed by atoms with Crippen LogP contribution in [-0.4, -0.2) is 12.5 Å². The fraction of sp³-hybridized carbons (Fsp3) is 0.556. The van der Waals surface area contributed by atoms with Gasteiger partial charge in [0.2, 0.25) is 5.91 Å². The van der Waals surface area contributed by atoms with Gasteiger partial charge in [-0.2, -0.15) is 5.26 Å². The lowest BCUT2D eigenvalue weighted by molar-refractivity contribution is -0.122. The van der Waals surface area contributed by atoms with Crippen LogP contribution in [0.3, 0.4) is 0 Å². The number of hydrogen-bond acceptors (Lipinski definition) is 2. The number of nitriles is 1. The van der Waals surface area contributed by atoms with Crippen molar-refractivity contribution >= 4 is 5.91 Å². The van der Waals surface area contributed by atoms with Crippen molar-refractivity contribution in [3.05, 3.63) is 0 Å². The van der Waals surface area contributed by atoms with E-state index in [1.165, 1.54) is 0 Å². The van der Waals surface area contributed by atoms with Crippen LogP contribution in [0.4, 0.5) is 0 Å². The Bertz CT molecular complexity index is 222. The highest BCUT2D eigenvalue weighted by atomic mass is 16.1. The Balaban J connectivity index is 3.47. The number of terminal acetylenes is 1. The Morgan fingerprint density at radius 2 is 2.42 bits per heavy atom. The summed E-state index contributed by atoms with van der Waals surface area (Å²) < 4.78 is 0. The lowest BCUT2D eigenvalue weighted by Crippen LogP contribution is -2.29. The molecule has 0 aliphatic rings. The van der Waals surface area contributed by atoms with Crippen LogP contribution in [0, 0.1) is 29.6 Å². The number of amides is 1. The third kappa shape index (κ3) is 4.35. The van der Waals surface area contributed by atoms with Crippen LogP contribution in [0.15, 0.2) is 0 Å². The van der Waals surface area contributed by atoms with Gasteiger partial charge in [-0.3, -0.25) is 4.79 Å². The van der Waals surface area contributed by atoms with Crippen molar-refractivity contribution in [2.24, 2.45) is 5.92 Å². The number of rotatable bonds is 4. The molecule has 0 saturated carbocycles. The molecule has 0 fully saturated rings. The van der Waals surface area contributed by atoms with Crippen molar-refractivity contribution in [3.63, 3.8) is 0 Å². The average Bonchev–Trinajstić information content (AvgIpc) is 2.10. The molecule has 0 aliphatic heterocycles. The summed E-state index contributed by atoms with van der Waals surface area (Å²) in [7, 11) is 0. The molecule has 12 heavy (non-hydrogen) atoms. The summed E-state index contributed by atoms with van der Waals surface area (Å²) in [6.45, 7) is 2.12. The number of unbranched alkanes of at least 4 members (excludes halogenated alkanes) is 1. The Labute approximate surface area is 72.8 Å². The van der Waals surface area contributed by atoms with E-state index in [1.54, 1.807) is 6.92 Å². The molecular weight excluding hydrogens is 152 g/mol. The zero-order valence-electron chi connectivity index (χ0n) is 7.13. The second kappa shape index (κ2) is 6.24. The minimum atomic E-state index is -0.573. The highest BCUT2D eigenvalue weighted by Crippen LogP contribution is 1.91. The summed E-state index contributed by atoms with van der Waals surface area (Å²) in [5.74, 6) is 1.67. The Morgan fingerprint density at radius 1 is 1.75 bits per heavy atom. The molecule has 64 valence electrons. The van der Waals surface area contributed by atoms with E-state index >= 15 is 0 Å². The SMILES string of the molecule is C#CCCCNC(=O)C(C)C#N. The quantitative estimate of drug-likeness (QED) is 0.490. The molecule has 0 heterocycles. The molecule has 1 unspecified atom stereocenters. The molecular formula is C9H12N2O. The van der Waals surface area contributed by atoms with Crippen LogP contribution in [0.2, 0.25) is 0 Å².